The molecule has 0 spiro atoms. The molecule has 0 N–H and O–H groups in total. The molecule has 6 heteroatoms. The summed E-state index contributed by atoms with van der Waals surface area (Å²) in [5.41, 5.74) is 0. The van der Waals surface area contributed by atoms with Crippen molar-refractivity contribution in [3.8, 4) is 0 Å². The van der Waals surface area contributed by atoms with E-state index in [0.717, 1.165) is 0 Å². The van der Waals surface area contributed by atoms with Gasteiger partial charge >= 0.3 is 42.1 Å². The van der Waals surface area contributed by atoms with Gasteiger partial charge < -0.3 is 29.7 Å². The third-order valence-electron chi connectivity index (χ3n) is 1.41. The van der Waals surface area contributed by atoms with Crippen LogP contribution in [-0.4, -0.2) is 65.1 Å². The number of hydrogen-bond acceptors (Lipinski definition) is 0. The minimum absolute atomic E-state index is 0. The van der Waals surface area contributed by atoms with Crippen molar-refractivity contribution in [3.63, 3.8) is 0 Å². The second kappa shape index (κ2) is 33.6. The van der Waals surface area contributed by atoms with E-state index in [4.69, 9.17) is 0 Å². The molecule has 136 valence electrons. The van der Waals surface area contributed by atoms with Crippen molar-refractivity contribution in [2.75, 3.05) is 65.1 Å². The molecule has 0 rings (SSSR count). The van der Waals surface area contributed by atoms with Gasteiger partial charge in [0.15, 0.2) is 11.8 Å². The van der Waals surface area contributed by atoms with E-state index in [2.05, 4.69) is 53.3 Å². The van der Waals surface area contributed by atoms with Gasteiger partial charge in [-0.2, -0.15) is 0 Å². The standard InChI is InChI=1S/2C5H14P2.4CH3.2Pt/c2*1-6(2)5-7(3)4;;;;;;/h2*5H2,1-4H3;4*1H3;;/q;;4*-1;2*+2/p+4. The topological polar surface area (TPSA) is 0 Å². The summed E-state index contributed by atoms with van der Waals surface area (Å²) < 4.78 is 0. The van der Waals surface area contributed by atoms with E-state index in [1.807, 2.05) is 0 Å². The molecule has 0 aromatic carbocycles. The van der Waals surface area contributed by atoms with Crippen LogP contribution in [0.15, 0.2) is 0 Å². The minimum Gasteiger partial charge on any atom is -0.358 e. The largest absolute Gasteiger partial charge is 2.00 e. The van der Waals surface area contributed by atoms with E-state index in [9.17, 15) is 0 Å². The van der Waals surface area contributed by atoms with Gasteiger partial charge in [-0.15, -0.1) is 0 Å². The molecule has 0 aromatic rings. The van der Waals surface area contributed by atoms with Gasteiger partial charge in [0.25, 0.3) is 0 Å². The molecular weight excluding hydrogens is 682 g/mol. The maximum absolute atomic E-state index is 2.39. The summed E-state index contributed by atoms with van der Waals surface area (Å²) >= 11 is 0. The van der Waals surface area contributed by atoms with E-state index >= 15 is 0 Å². The molecule has 0 aromatic heterocycles. The SMILES string of the molecule is C[PH+](C)C[PH+](C)C.C[PH+](C)C[PH+](C)C.[CH3-].[CH3-].[CH3-].[CH3-].[Pt+2].[Pt+2]. The second-order valence-corrected chi connectivity index (χ2v) is 17.7. The normalized spacial score (nSPS) is 7.80. The maximum Gasteiger partial charge on any atom is 2.00 e. The molecule has 0 aliphatic carbocycles. The van der Waals surface area contributed by atoms with Crippen LogP contribution in [0.2, 0.25) is 0 Å². The Hall–Kier alpha value is 3.10. The van der Waals surface area contributed by atoms with Crippen molar-refractivity contribution in [2.24, 2.45) is 0 Å². The molecule has 20 heavy (non-hydrogen) atoms. The summed E-state index contributed by atoms with van der Waals surface area (Å²) in [6.45, 7) is 19.1. The van der Waals surface area contributed by atoms with Gasteiger partial charge in [0.2, 0.25) is 0 Å². The van der Waals surface area contributed by atoms with Crippen molar-refractivity contribution < 1.29 is 42.1 Å². The monoisotopic (exact) mass is 726 g/mol. The Kier molecular flexibility index (Phi) is 83.2. The smallest absolute Gasteiger partial charge is 0.358 e. The van der Waals surface area contributed by atoms with E-state index in [-0.39, 0.29) is 104 Å². The molecule has 0 heterocycles. The molecule has 0 aliphatic heterocycles. The van der Waals surface area contributed by atoms with E-state index < -0.39 is 0 Å². The van der Waals surface area contributed by atoms with Gasteiger partial charge in [0.1, 0.15) is 0 Å². The van der Waals surface area contributed by atoms with Crippen LogP contribution < -0.4 is 0 Å². The zero-order valence-corrected chi connectivity index (χ0v) is 24.6. The Labute approximate surface area is 167 Å². The zero-order chi connectivity index (χ0) is 11.7. The first-order valence-electron chi connectivity index (χ1n) is 5.41. The van der Waals surface area contributed by atoms with Crippen LogP contribution in [0.5, 0.6) is 0 Å². The Morgan fingerprint density at radius 3 is 0.500 bits per heavy atom. The second-order valence-electron chi connectivity index (χ2n) is 5.18. The molecule has 0 aliphatic rings. The summed E-state index contributed by atoms with van der Waals surface area (Å²) in [6.07, 6.45) is 0. The molecule has 0 saturated carbocycles. The Morgan fingerprint density at radius 2 is 0.500 bits per heavy atom. The fraction of sp³-hybridized carbons (Fsp3) is 0.714. The van der Waals surface area contributed by atoms with Crippen LogP contribution in [0.1, 0.15) is 0 Å². The van der Waals surface area contributed by atoms with Crippen molar-refractivity contribution in [3.05, 3.63) is 29.7 Å². The van der Waals surface area contributed by atoms with Crippen molar-refractivity contribution in [1.82, 2.24) is 0 Å². The molecule has 0 bridgehead atoms. The van der Waals surface area contributed by atoms with Crippen LogP contribution in [-0.2, 0) is 42.1 Å². The van der Waals surface area contributed by atoms with Crippen molar-refractivity contribution >= 4 is 31.7 Å². The molecular formula is C14H44P4Pt2+4. The summed E-state index contributed by atoms with van der Waals surface area (Å²) in [4.78, 5) is 0. The number of hydrogen-bond donors (Lipinski definition) is 0. The predicted octanol–water partition coefficient (Wildman–Crippen LogP) is 5.58. The zero-order valence-electron chi connectivity index (χ0n) is 16.0. The number of rotatable bonds is 4. The fourth-order valence-electron chi connectivity index (χ4n) is 1.41. The van der Waals surface area contributed by atoms with Gasteiger partial charge in [-0.05, 0) is 0 Å². The predicted molar refractivity (Wildman–Crippen MR) is 116 cm³/mol. The third-order valence-corrected chi connectivity index (χ3v) is 12.7. The molecule has 0 atom stereocenters. The molecule has 0 fully saturated rings. The summed E-state index contributed by atoms with van der Waals surface area (Å²) in [6, 6.07) is 0. The molecule has 0 amide bonds. The van der Waals surface area contributed by atoms with Gasteiger partial charge in [-0.3, -0.25) is 0 Å². The van der Waals surface area contributed by atoms with Crippen molar-refractivity contribution in [1.29, 1.82) is 0 Å². The van der Waals surface area contributed by atoms with Crippen LogP contribution in [0.3, 0.4) is 0 Å². The van der Waals surface area contributed by atoms with Crippen LogP contribution in [0.25, 0.3) is 0 Å². The van der Waals surface area contributed by atoms with Gasteiger partial charge in [0.05, 0.1) is 0 Å². The first kappa shape index (κ1) is 49.5. The van der Waals surface area contributed by atoms with Crippen LogP contribution in [0, 0.1) is 29.7 Å². The van der Waals surface area contributed by atoms with Gasteiger partial charge in [0, 0.05) is 85.0 Å². The maximum atomic E-state index is 2.39. The average Bonchev–Trinajstić information content (AvgIpc) is 1.79. The molecule has 0 radical (unpaired) electrons. The quantitative estimate of drug-likeness (QED) is 0.263. The Balaban J connectivity index is -0.0000000185. The summed E-state index contributed by atoms with van der Waals surface area (Å²) in [5, 5.41) is 0. The van der Waals surface area contributed by atoms with E-state index in [0.29, 0.717) is 0 Å². The average molecular weight is 727 g/mol. The van der Waals surface area contributed by atoms with Crippen LogP contribution >= 0.6 is 31.7 Å². The first-order chi connectivity index (χ1) is 6.25. The molecule has 0 saturated heterocycles. The van der Waals surface area contributed by atoms with E-state index in [1.165, 1.54) is 0 Å². The van der Waals surface area contributed by atoms with E-state index in [1.54, 1.807) is 11.8 Å². The van der Waals surface area contributed by atoms with Gasteiger partial charge in [-0.25, -0.2) is 0 Å². The van der Waals surface area contributed by atoms with Gasteiger partial charge in [-0.1, -0.05) is 0 Å². The Bertz CT molecular complexity index is 95.7. The Morgan fingerprint density at radius 1 is 0.400 bits per heavy atom. The minimum atomic E-state index is 0. The fourth-order valence-corrected chi connectivity index (χ4v) is 12.7. The summed E-state index contributed by atoms with van der Waals surface area (Å²) in [5.74, 6) is 3.13. The third kappa shape index (κ3) is 69.2. The van der Waals surface area contributed by atoms with Crippen LogP contribution in [0.4, 0.5) is 0 Å². The summed E-state index contributed by atoms with van der Waals surface area (Å²) in [7, 11) is 0.444. The van der Waals surface area contributed by atoms with Crippen molar-refractivity contribution in [2.45, 2.75) is 0 Å². The molecule has 0 unspecified atom stereocenters. The first-order valence-corrected chi connectivity index (χ1v) is 16.2. The molecule has 0 nitrogen and oxygen atoms in total.